The van der Waals surface area contributed by atoms with Crippen molar-refractivity contribution < 1.29 is 9.47 Å². The number of hydrogen-bond acceptors (Lipinski definition) is 10. The number of imidazole rings is 2. The summed E-state index contributed by atoms with van der Waals surface area (Å²) in [6.07, 6.45) is 2.93. The molecule has 0 unspecified atom stereocenters. The summed E-state index contributed by atoms with van der Waals surface area (Å²) in [6, 6.07) is 0.980. The van der Waals surface area contributed by atoms with Gasteiger partial charge >= 0.3 is 0 Å². The minimum absolute atomic E-state index is 0.318. The largest absolute Gasteiger partial charge is 0.465 e. The highest BCUT2D eigenvalue weighted by Crippen LogP contribution is 2.25. The Kier molecular flexibility index (Phi) is 5.46. The Morgan fingerprint density at radius 3 is 2.20 bits per heavy atom. The van der Waals surface area contributed by atoms with E-state index in [1.165, 1.54) is 12.7 Å². The second-order valence-electron chi connectivity index (χ2n) is 6.30. The van der Waals surface area contributed by atoms with Crippen LogP contribution in [0.1, 0.15) is 20.8 Å². The number of hydrogen-bond donors (Lipinski definition) is 2. The number of rotatable bonds is 9. The van der Waals surface area contributed by atoms with Gasteiger partial charge in [0.1, 0.15) is 12.7 Å². The number of anilines is 2. The zero-order valence-electron chi connectivity index (χ0n) is 17.2. The maximum Gasteiger partial charge on any atom is 0.298 e. The molecule has 0 spiro atoms. The molecule has 0 fully saturated rings. The second-order valence-corrected chi connectivity index (χ2v) is 6.30. The summed E-state index contributed by atoms with van der Waals surface area (Å²) in [5.74, 6) is 0.948. The van der Waals surface area contributed by atoms with Crippen LogP contribution in [0, 0.1) is 0 Å². The van der Waals surface area contributed by atoms with Crippen LogP contribution in [0.25, 0.3) is 22.3 Å². The van der Waals surface area contributed by atoms with Crippen LogP contribution in [-0.4, -0.2) is 58.8 Å². The second kappa shape index (κ2) is 8.35. The fraction of sp³-hybridized carbons (Fsp3) is 0.444. The highest BCUT2D eigenvalue weighted by molar-refractivity contribution is 5.84. The quantitative estimate of drug-likeness (QED) is 0.415. The van der Waals surface area contributed by atoms with Crippen molar-refractivity contribution in [2.45, 2.75) is 33.9 Å². The molecule has 0 aromatic carbocycles. The van der Waals surface area contributed by atoms with Crippen LogP contribution in [0.2, 0.25) is 0 Å². The van der Waals surface area contributed by atoms with E-state index in [2.05, 4.69) is 35.2 Å². The molecule has 4 aromatic heterocycles. The molecule has 0 aliphatic carbocycles. The summed E-state index contributed by atoms with van der Waals surface area (Å²) in [6.45, 7) is 8.60. The zero-order valence-corrected chi connectivity index (χ0v) is 17.2. The monoisotopic (exact) mass is 412 g/mol. The SMILES string of the molecule is CCOc1nc2c(N)ncnc2n1CCNc1ncnc2c1nc(OCC)n2CC. The molecular formula is C18H24N10O2. The number of nitrogens with one attached hydrogen (secondary N) is 1. The van der Waals surface area contributed by atoms with Crippen LogP contribution in [0.15, 0.2) is 12.7 Å². The summed E-state index contributed by atoms with van der Waals surface area (Å²) in [7, 11) is 0. The van der Waals surface area contributed by atoms with Crippen molar-refractivity contribution in [3.05, 3.63) is 12.7 Å². The molecule has 4 heterocycles. The Hall–Kier alpha value is -3.70. The summed E-state index contributed by atoms with van der Waals surface area (Å²) < 4.78 is 15.1. The van der Waals surface area contributed by atoms with Crippen LogP contribution >= 0.6 is 0 Å². The Morgan fingerprint density at radius 2 is 1.50 bits per heavy atom. The van der Waals surface area contributed by atoms with E-state index in [0.29, 0.717) is 73.2 Å². The predicted molar refractivity (Wildman–Crippen MR) is 112 cm³/mol. The molecule has 30 heavy (non-hydrogen) atoms. The lowest BCUT2D eigenvalue weighted by atomic mass is 10.4. The van der Waals surface area contributed by atoms with Gasteiger partial charge in [0, 0.05) is 19.6 Å². The molecule has 0 amide bonds. The third kappa shape index (κ3) is 3.40. The van der Waals surface area contributed by atoms with E-state index in [-0.39, 0.29) is 0 Å². The van der Waals surface area contributed by atoms with Crippen molar-refractivity contribution in [2.24, 2.45) is 0 Å². The minimum atomic E-state index is 0.318. The zero-order chi connectivity index (χ0) is 21.1. The summed E-state index contributed by atoms with van der Waals surface area (Å²) in [4.78, 5) is 26.0. The van der Waals surface area contributed by atoms with Crippen LogP contribution in [0.5, 0.6) is 12.0 Å². The first-order valence-corrected chi connectivity index (χ1v) is 9.85. The van der Waals surface area contributed by atoms with Crippen molar-refractivity contribution in [1.82, 2.24) is 39.0 Å². The van der Waals surface area contributed by atoms with E-state index in [9.17, 15) is 0 Å². The van der Waals surface area contributed by atoms with Gasteiger partial charge < -0.3 is 20.5 Å². The lowest BCUT2D eigenvalue weighted by Gasteiger charge is -2.10. The first-order valence-electron chi connectivity index (χ1n) is 9.85. The number of ether oxygens (including phenoxy) is 2. The average Bonchev–Trinajstić information content (AvgIpc) is 3.28. The van der Waals surface area contributed by atoms with Gasteiger partial charge in [-0.05, 0) is 20.8 Å². The van der Waals surface area contributed by atoms with Crippen molar-refractivity contribution in [1.29, 1.82) is 0 Å². The predicted octanol–water partition coefficient (Wildman–Crippen LogP) is 1.48. The highest BCUT2D eigenvalue weighted by Gasteiger charge is 2.18. The van der Waals surface area contributed by atoms with Gasteiger partial charge in [0.25, 0.3) is 12.0 Å². The number of nitrogen functional groups attached to an aromatic ring is 1. The van der Waals surface area contributed by atoms with Crippen LogP contribution in [0.4, 0.5) is 11.6 Å². The maximum absolute atomic E-state index is 5.93. The van der Waals surface area contributed by atoms with Crippen molar-refractivity contribution in [2.75, 3.05) is 30.8 Å². The minimum Gasteiger partial charge on any atom is -0.465 e. The van der Waals surface area contributed by atoms with Crippen LogP contribution < -0.4 is 20.5 Å². The van der Waals surface area contributed by atoms with Gasteiger partial charge in [0.2, 0.25) is 0 Å². The number of nitrogens with zero attached hydrogens (tertiary/aromatic N) is 8. The molecule has 0 aliphatic heterocycles. The molecule has 0 aliphatic rings. The number of aryl methyl sites for hydroxylation is 1. The van der Waals surface area contributed by atoms with E-state index in [4.69, 9.17) is 15.2 Å². The highest BCUT2D eigenvalue weighted by atomic mass is 16.5. The molecule has 0 saturated heterocycles. The lowest BCUT2D eigenvalue weighted by Crippen LogP contribution is -2.14. The molecule has 3 N–H and O–H groups in total. The molecule has 4 rings (SSSR count). The molecule has 0 atom stereocenters. The third-order valence-corrected chi connectivity index (χ3v) is 4.51. The number of fused-ring (bicyclic) bond motifs is 2. The average molecular weight is 412 g/mol. The maximum atomic E-state index is 5.93. The molecule has 12 nitrogen and oxygen atoms in total. The Labute approximate surface area is 172 Å². The van der Waals surface area contributed by atoms with Gasteiger partial charge in [-0.1, -0.05) is 0 Å². The van der Waals surface area contributed by atoms with Gasteiger partial charge in [0.15, 0.2) is 34.0 Å². The van der Waals surface area contributed by atoms with E-state index < -0.39 is 0 Å². The normalized spacial score (nSPS) is 11.3. The third-order valence-electron chi connectivity index (χ3n) is 4.51. The van der Waals surface area contributed by atoms with Crippen molar-refractivity contribution in [3.8, 4) is 12.0 Å². The number of aromatic nitrogens is 8. The smallest absolute Gasteiger partial charge is 0.298 e. The molecule has 12 heteroatoms. The number of nitrogens with two attached hydrogens (primary N) is 1. The Balaban J connectivity index is 1.60. The molecular weight excluding hydrogens is 388 g/mol. The fourth-order valence-corrected chi connectivity index (χ4v) is 3.23. The van der Waals surface area contributed by atoms with Crippen molar-refractivity contribution in [3.63, 3.8) is 0 Å². The summed E-state index contributed by atoms with van der Waals surface area (Å²) >= 11 is 0. The van der Waals surface area contributed by atoms with Gasteiger partial charge in [-0.15, -0.1) is 0 Å². The topological polar surface area (TPSA) is 144 Å². The Morgan fingerprint density at radius 1 is 0.867 bits per heavy atom. The lowest BCUT2D eigenvalue weighted by molar-refractivity contribution is 0.299. The molecule has 0 saturated carbocycles. The first kappa shape index (κ1) is 19.6. The standard InChI is InChI=1S/C18H24N10O2/c1-4-27-16-12(26-17(27)29-5-2)14(22-10-24-16)20-7-8-28-15-11(13(19)21-9-23-15)25-18(28)30-6-3/h9-10H,4-8H2,1-3H3,(H2,19,21,23)(H,20,22,24). The van der Waals surface area contributed by atoms with Crippen LogP contribution in [0.3, 0.4) is 0 Å². The van der Waals surface area contributed by atoms with Gasteiger partial charge in [-0.25, -0.2) is 19.9 Å². The summed E-state index contributed by atoms with van der Waals surface area (Å²) in [5, 5.41) is 3.32. The first-order chi connectivity index (χ1) is 14.7. The summed E-state index contributed by atoms with van der Waals surface area (Å²) in [5.41, 5.74) is 8.46. The molecule has 158 valence electrons. The van der Waals surface area contributed by atoms with Crippen molar-refractivity contribution >= 4 is 34.0 Å². The van der Waals surface area contributed by atoms with Crippen LogP contribution in [-0.2, 0) is 13.1 Å². The molecule has 4 aromatic rings. The fourth-order valence-electron chi connectivity index (χ4n) is 3.23. The van der Waals surface area contributed by atoms with E-state index in [1.54, 1.807) is 0 Å². The van der Waals surface area contributed by atoms with E-state index in [1.807, 2.05) is 29.9 Å². The molecule has 0 radical (unpaired) electrons. The Bertz CT molecular complexity index is 1170. The molecule has 0 bridgehead atoms. The van der Waals surface area contributed by atoms with Gasteiger partial charge in [-0.2, -0.15) is 9.97 Å². The van der Waals surface area contributed by atoms with E-state index in [0.717, 1.165) is 5.65 Å². The van der Waals surface area contributed by atoms with Gasteiger partial charge in [-0.3, -0.25) is 9.13 Å². The van der Waals surface area contributed by atoms with E-state index >= 15 is 0 Å². The van der Waals surface area contributed by atoms with Gasteiger partial charge in [0.05, 0.1) is 13.2 Å².